The van der Waals surface area contributed by atoms with E-state index in [-0.39, 0.29) is 35.6 Å². The van der Waals surface area contributed by atoms with Crippen LogP contribution in [0.25, 0.3) is 16.9 Å². The van der Waals surface area contributed by atoms with Gasteiger partial charge in [-0.05, 0) is 67.8 Å². The molecule has 0 radical (unpaired) electrons. The van der Waals surface area contributed by atoms with Crippen LogP contribution in [-0.4, -0.2) is 60.6 Å². The summed E-state index contributed by atoms with van der Waals surface area (Å²) in [5, 5.41) is 9.46. The Morgan fingerprint density at radius 1 is 1.16 bits per heavy atom. The van der Waals surface area contributed by atoms with Gasteiger partial charge in [-0.25, -0.2) is 14.4 Å². The number of ketones is 1. The van der Waals surface area contributed by atoms with Gasteiger partial charge in [-0.15, -0.1) is 4.80 Å². The number of aromatic nitrogens is 6. The van der Waals surface area contributed by atoms with E-state index in [9.17, 15) is 9.18 Å². The van der Waals surface area contributed by atoms with Gasteiger partial charge in [-0.1, -0.05) is 11.6 Å². The van der Waals surface area contributed by atoms with Gasteiger partial charge in [0.15, 0.2) is 11.6 Å². The van der Waals surface area contributed by atoms with Crippen molar-refractivity contribution in [1.29, 1.82) is 0 Å². The lowest BCUT2D eigenvalue weighted by Gasteiger charge is -2.43. The zero-order valence-electron chi connectivity index (χ0n) is 20.9. The van der Waals surface area contributed by atoms with Crippen molar-refractivity contribution in [2.24, 2.45) is 5.92 Å². The number of carbonyl (C=O) groups is 1. The Labute approximate surface area is 237 Å². The fourth-order valence-corrected chi connectivity index (χ4v) is 6.79. The molecule has 12 heteroatoms. The zero-order chi connectivity index (χ0) is 26.6. The molecule has 0 saturated carbocycles. The highest BCUT2D eigenvalue weighted by Crippen LogP contribution is 2.38. The number of rotatable bonds is 5. The quantitative estimate of drug-likeness (QED) is 0.216. The minimum absolute atomic E-state index is 0.0509. The van der Waals surface area contributed by atoms with Crippen molar-refractivity contribution in [2.45, 2.75) is 51.2 Å². The minimum atomic E-state index is -0.355. The van der Waals surface area contributed by atoms with E-state index >= 15 is 0 Å². The molecule has 0 unspecified atom stereocenters. The summed E-state index contributed by atoms with van der Waals surface area (Å²) in [6, 6.07) is 3.47. The first-order chi connectivity index (χ1) is 18.3. The molecule has 0 spiro atoms. The SMILES string of the molecule is C[C@@H]1CC(C(=O)c2cn([C@H]3CCOC3)c3nc(-n4nccn4)c(Cl)cc23)C[C@@H](C)N1c1ncc(F)cc1I. The molecule has 6 rings (SSSR count). The molecule has 2 aliphatic rings. The van der Waals surface area contributed by atoms with Crippen LogP contribution in [0.1, 0.15) is 49.5 Å². The maximum absolute atomic E-state index is 14.1. The Hall–Kier alpha value is -2.64. The van der Waals surface area contributed by atoms with E-state index in [0.717, 1.165) is 21.2 Å². The lowest BCUT2D eigenvalue weighted by atomic mass is 9.82. The van der Waals surface area contributed by atoms with E-state index in [1.807, 2.05) is 10.8 Å². The molecule has 0 amide bonds. The fourth-order valence-electron chi connectivity index (χ4n) is 5.85. The van der Waals surface area contributed by atoms with E-state index < -0.39 is 0 Å². The topological polar surface area (TPSA) is 91.0 Å². The summed E-state index contributed by atoms with van der Waals surface area (Å²) < 4.78 is 22.1. The van der Waals surface area contributed by atoms with Crippen LogP contribution in [-0.2, 0) is 4.74 Å². The number of pyridine rings is 2. The molecule has 4 aromatic rings. The number of hydrogen-bond donors (Lipinski definition) is 0. The molecule has 9 nitrogen and oxygen atoms in total. The predicted octanol–water partition coefficient (Wildman–Crippen LogP) is 5.25. The number of piperidine rings is 1. The Kier molecular flexibility index (Phi) is 6.85. The van der Waals surface area contributed by atoms with Crippen LogP contribution in [0.3, 0.4) is 0 Å². The van der Waals surface area contributed by atoms with E-state index in [0.29, 0.717) is 48.1 Å². The van der Waals surface area contributed by atoms with E-state index in [4.69, 9.17) is 21.3 Å². The molecular weight excluding hydrogens is 624 g/mol. The van der Waals surface area contributed by atoms with Crippen molar-refractivity contribution < 1.29 is 13.9 Å². The van der Waals surface area contributed by atoms with Gasteiger partial charge in [0, 0.05) is 41.8 Å². The van der Waals surface area contributed by atoms with Gasteiger partial charge in [0.2, 0.25) is 0 Å². The van der Waals surface area contributed by atoms with Crippen LogP contribution in [0.2, 0.25) is 5.02 Å². The molecule has 198 valence electrons. The zero-order valence-corrected chi connectivity index (χ0v) is 23.8. The number of Topliss-reactive ketones (excluding diaryl/α,β-unsaturated/α-hetero) is 1. The third-order valence-electron chi connectivity index (χ3n) is 7.52. The number of ether oxygens (including phenoxy) is 1. The Bertz CT molecular complexity index is 1490. The summed E-state index contributed by atoms with van der Waals surface area (Å²) in [5.74, 6) is 0.714. The summed E-state index contributed by atoms with van der Waals surface area (Å²) in [4.78, 5) is 26.9. The van der Waals surface area contributed by atoms with Gasteiger partial charge >= 0.3 is 0 Å². The van der Waals surface area contributed by atoms with Crippen molar-refractivity contribution in [2.75, 3.05) is 18.1 Å². The minimum Gasteiger partial charge on any atom is -0.379 e. The highest BCUT2D eigenvalue weighted by Gasteiger charge is 2.37. The molecule has 4 aromatic heterocycles. The largest absolute Gasteiger partial charge is 0.379 e. The molecule has 0 aromatic carbocycles. The second-order valence-electron chi connectivity index (χ2n) is 10.0. The molecule has 0 bridgehead atoms. The third-order valence-corrected chi connectivity index (χ3v) is 8.59. The summed E-state index contributed by atoms with van der Waals surface area (Å²) in [6.45, 7) is 5.42. The average Bonchev–Trinajstić information content (AvgIpc) is 3.65. The summed E-state index contributed by atoms with van der Waals surface area (Å²) >= 11 is 8.76. The van der Waals surface area contributed by atoms with Gasteiger partial charge in [-0.3, -0.25) is 4.79 Å². The Balaban J connectivity index is 1.36. The van der Waals surface area contributed by atoms with Crippen LogP contribution in [0.4, 0.5) is 10.2 Å². The normalized spacial score (nSPS) is 23.9. The van der Waals surface area contributed by atoms with Crippen molar-refractivity contribution in [3.05, 3.63) is 56.9 Å². The third kappa shape index (κ3) is 4.47. The van der Waals surface area contributed by atoms with Crippen molar-refractivity contribution >= 4 is 56.8 Å². The highest BCUT2D eigenvalue weighted by atomic mass is 127. The van der Waals surface area contributed by atoms with Crippen LogP contribution < -0.4 is 4.90 Å². The second-order valence-corrected chi connectivity index (χ2v) is 11.6. The molecular formula is C26H26ClFIN7O2. The van der Waals surface area contributed by atoms with E-state index in [1.54, 1.807) is 18.5 Å². The molecule has 3 atom stereocenters. The Morgan fingerprint density at radius 2 is 1.89 bits per heavy atom. The molecule has 0 aliphatic carbocycles. The Morgan fingerprint density at radius 3 is 2.55 bits per heavy atom. The fraction of sp³-hybridized carbons (Fsp3) is 0.423. The van der Waals surface area contributed by atoms with Crippen molar-refractivity contribution in [3.63, 3.8) is 0 Å². The molecule has 0 N–H and O–H groups in total. The molecule has 38 heavy (non-hydrogen) atoms. The maximum Gasteiger partial charge on any atom is 0.195 e. The van der Waals surface area contributed by atoms with Crippen LogP contribution in [0.5, 0.6) is 0 Å². The first-order valence-electron chi connectivity index (χ1n) is 12.6. The number of anilines is 1. The van der Waals surface area contributed by atoms with Gasteiger partial charge in [0.1, 0.15) is 17.3 Å². The monoisotopic (exact) mass is 649 g/mol. The number of fused-ring (bicyclic) bond motifs is 1. The van der Waals surface area contributed by atoms with Gasteiger partial charge in [0.05, 0.1) is 39.8 Å². The highest BCUT2D eigenvalue weighted by molar-refractivity contribution is 14.1. The number of carbonyl (C=O) groups excluding carboxylic acids is 1. The molecule has 2 fully saturated rings. The van der Waals surface area contributed by atoms with Crippen LogP contribution >= 0.6 is 34.2 Å². The van der Waals surface area contributed by atoms with E-state index in [2.05, 4.69) is 56.5 Å². The van der Waals surface area contributed by atoms with Crippen LogP contribution in [0.15, 0.2) is 36.9 Å². The van der Waals surface area contributed by atoms with Crippen molar-refractivity contribution in [3.8, 4) is 5.82 Å². The lowest BCUT2D eigenvalue weighted by Crippen LogP contribution is -2.49. The summed E-state index contributed by atoms with van der Waals surface area (Å²) in [5.41, 5.74) is 1.29. The molecule has 2 aliphatic heterocycles. The second kappa shape index (κ2) is 10.2. The first-order valence-corrected chi connectivity index (χ1v) is 14.1. The number of halogens is 3. The summed E-state index contributed by atoms with van der Waals surface area (Å²) in [6.07, 6.45) is 8.47. The lowest BCUT2D eigenvalue weighted by molar-refractivity contribution is 0.0878. The molecule has 2 saturated heterocycles. The smallest absolute Gasteiger partial charge is 0.195 e. The number of hydrogen-bond acceptors (Lipinski definition) is 7. The first kappa shape index (κ1) is 25.6. The van der Waals surface area contributed by atoms with Gasteiger partial charge in [0.25, 0.3) is 0 Å². The average molecular weight is 650 g/mol. The van der Waals surface area contributed by atoms with E-state index in [1.165, 1.54) is 17.1 Å². The van der Waals surface area contributed by atoms with Crippen LogP contribution in [0, 0.1) is 15.3 Å². The number of nitrogens with zero attached hydrogens (tertiary/aromatic N) is 7. The standard InChI is InChI=1S/C26H26ClFIN7O2/c1-14-7-16(8-15(2)35(14)26-22(29)9-17(28)11-30-26)23(37)20-12-34(18-3-6-38-13-18)24-19(20)10-21(27)25(33-24)36-31-4-5-32-36/h4-5,9-12,14-16,18H,3,6-8,13H2,1-2H3/t14-,15-,18+/m1/s1. The predicted molar refractivity (Wildman–Crippen MR) is 150 cm³/mol. The van der Waals surface area contributed by atoms with Gasteiger partial charge in [-0.2, -0.15) is 10.2 Å². The van der Waals surface area contributed by atoms with Crippen molar-refractivity contribution in [1.82, 2.24) is 29.5 Å². The van der Waals surface area contributed by atoms with Gasteiger partial charge < -0.3 is 14.2 Å². The molecule has 6 heterocycles. The summed E-state index contributed by atoms with van der Waals surface area (Å²) in [7, 11) is 0. The maximum atomic E-state index is 14.1.